The lowest BCUT2D eigenvalue weighted by atomic mass is 9.62. The van der Waals surface area contributed by atoms with Crippen LogP contribution in [-0.4, -0.2) is 16.4 Å². The molecule has 0 bridgehead atoms. The highest BCUT2D eigenvalue weighted by atomic mass is 35.5. The second-order valence-electron chi connectivity index (χ2n) is 5.12. The van der Waals surface area contributed by atoms with E-state index < -0.39 is 16.4 Å². The Labute approximate surface area is 122 Å². The van der Waals surface area contributed by atoms with Gasteiger partial charge in [-0.15, -0.1) is 11.6 Å². The average molecular weight is 302 g/mol. The van der Waals surface area contributed by atoms with Gasteiger partial charge >= 0.3 is 5.69 Å². The Morgan fingerprint density at radius 2 is 2.15 bits per heavy atom. The molecule has 1 fully saturated rings. The Kier molecular flexibility index (Phi) is 4.18. The molecule has 0 heterocycles. The molecule has 2 unspecified atom stereocenters. The van der Waals surface area contributed by atoms with Crippen LogP contribution in [0.25, 0.3) is 0 Å². The number of nitrogens with zero attached hydrogens (tertiary/aromatic N) is 1. The fraction of sp³-hybridized carbons (Fsp3) is 0.571. The summed E-state index contributed by atoms with van der Waals surface area (Å²) in [6.07, 6.45) is 2.41. The third-order valence-corrected chi connectivity index (χ3v) is 5.01. The van der Waals surface area contributed by atoms with Gasteiger partial charge < -0.3 is 4.74 Å². The number of hydrogen-bond acceptors (Lipinski definition) is 3. The lowest BCUT2D eigenvalue weighted by molar-refractivity contribution is -0.387. The third-order valence-electron chi connectivity index (χ3n) is 4.40. The first kappa shape index (κ1) is 15.0. The van der Waals surface area contributed by atoms with E-state index in [4.69, 9.17) is 16.3 Å². The molecule has 1 saturated carbocycles. The maximum absolute atomic E-state index is 13.6. The summed E-state index contributed by atoms with van der Waals surface area (Å²) in [6.45, 7) is 4.12. The summed E-state index contributed by atoms with van der Waals surface area (Å²) in [6, 6.07) is 3.62. The van der Waals surface area contributed by atoms with Crippen molar-refractivity contribution in [3.63, 3.8) is 0 Å². The molecule has 110 valence electrons. The highest BCUT2D eigenvalue weighted by Gasteiger charge is 2.53. The van der Waals surface area contributed by atoms with Crippen LogP contribution < -0.4 is 4.74 Å². The van der Waals surface area contributed by atoms with Gasteiger partial charge in [-0.3, -0.25) is 10.1 Å². The van der Waals surface area contributed by atoms with Crippen molar-refractivity contribution < 1.29 is 14.1 Å². The monoisotopic (exact) mass is 301 g/mol. The summed E-state index contributed by atoms with van der Waals surface area (Å²) in [5, 5.41) is 10.6. The Bertz CT molecular complexity index is 519. The maximum Gasteiger partial charge on any atom is 0.305 e. The minimum Gasteiger partial charge on any atom is -0.490 e. The van der Waals surface area contributed by atoms with Gasteiger partial charge in [0.05, 0.1) is 4.92 Å². The van der Waals surface area contributed by atoms with Crippen LogP contribution in [0.3, 0.4) is 0 Å². The van der Waals surface area contributed by atoms with E-state index in [1.165, 1.54) is 6.07 Å². The van der Waals surface area contributed by atoms with Crippen LogP contribution in [0.4, 0.5) is 10.1 Å². The van der Waals surface area contributed by atoms with Crippen molar-refractivity contribution in [3.8, 4) is 5.75 Å². The van der Waals surface area contributed by atoms with Gasteiger partial charge in [-0.05, 0) is 18.9 Å². The zero-order valence-corrected chi connectivity index (χ0v) is 12.2. The van der Waals surface area contributed by atoms with E-state index >= 15 is 0 Å². The van der Waals surface area contributed by atoms with Gasteiger partial charge in [-0.2, -0.15) is 4.39 Å². The topological polar surface area (TPSA) is 52.4 Å². The molecule has 0 amide bonds. The van der Waals surface area contributed by atoms with E-state index in [1.54, 1.807) is 0 Å². The SMILES string of the molecule is CCC1(CC)C(Cl)CC1Oc1ccc([N+](=O)[O-])c(F)c1. The van der Waals surface area contributed by atoms with E-state index in [2.05, 4.69) is 13.8 Å². The Morgan fingerprint density at radius 1 is 1.50 bits per heavy atom. The van der Waals surface area contributed by atoms with Crippen molar-refractivity contribution in [2.24, 2.45) is 5.41 Å². The van der Waals surface area contributed by atoms with Crippen molar-refractivity contribution in [1.82, 2.24) is 0 Å². The van der Waals surface area contributed by atoms with Gasteiger partial charge in [0.2, 0.25) is 5.82 Å². The van der Waals surface area contributed by atoms with Gasteiger partial charge in [0.1, 0.15) is 11.9 Å². The Hall–Kier alpha value is -1.36. The van der Waals surface area contributed by atoms with Gasteiger partial charge in [0, 0.05) is 29.3 Å². The first-order valence-corrected chi connectivity index (χ1v) is 7.13. The molecule has 2 rings (SSSR count). The fourth-order valence-corrected chi connectivity index (χ4v) is 3.50. The van der Waals surface area contributed by atoms with Crippen molar-refractivity contribution in [3.05, 3.63) is 34.1 Å². The van der Waals surface area contributed by atoms with Crippen molar-refractivity contribution in [2.75, 3.05) is 0 Å². The Morgan fingerprint density at radius 3 is 2.60 bits per heavy atom. The molecule has 0 N–H and O–H groups in total. The predicted molar refractivity (Wildman–Crippen MR) is 74.7 cm³/mol. The lowest BCUT2D eigenvalue weighted by Crippen LogP contribution is -2.56. The van der Waals surface area contributed by atoms with E-state index in [-0.39, 0.29) is 16.9 Å². The van der Waals surface area contributed by atoms with Crippen molar-refractivity contribution in [2.45, 2.75) is 44.6 Å². The van der Waals surface area contributed by atoms with E-state index in [0.717, 1.165) is 25.0 Å². The summed E-state index contributed by atoms with van der Waals surface area (Å²) in [5.74, 6) is -0.569. The molecule has 1 aromatic carbocycles. The van der Waals surface area contributed by atoms with Crippen LogP contribution >= 0.6 is 11.6 Å². The van der Waals surface area contributed by atoms with Crippen LogP contribution in [0.5, 0.6) is 5.75 Å². The molecule has 0 saturated heterocycles. The minimum atomic E-state index is -0.882. The number of nitro groups is 1. The highest BCUT2D eigenvalue weighted by Crippen LogP contribution is 2.51. The van der Waals surface area contributed by atoms with Gasteiger partial charge in [0.15, 0.2) is 0 Å². The smallest absolute Gasteiger partial charge is 0.305 e. The molecule has 1 aromatic rings. The molecule has 1 aliphatic rings. The largest absolute Gasteiger partial charge is 0.490 e. The predicted octanol–water partition coefficient (Wildman–Crippen LogP) is 4.30. The molecule has 1 aliphatic carbocycles. The molecular formula is C14H17ClFNO3. The van der Waals surface area contributed by atoms with Crippen molar-refractivity contribution >= 4 is 17.3 Å². The number of hydrogen-bond donors (Lipinski definition) is 0. The third kappa shape index (κ3) is 2.35. The molecule has 20 heavy (non-hydrogen) atoms. The standard InChI is InChI=1S/C14H17ClFNO3/c1-3-14(4-2)12(15)8-13(14)20-9-5-6-11(17(18)19)10(16)7-9/h5-7,12-13H,3-4,8H2,1-2H3. The normalized spacial score (nSPS) is 24.0. The Balaban J connectivity index is 2.15. The summed E-state index contributed by atoms with van der Waals surface area (Å²) < 4.78 is 19.3. The first-order valence-electron chi connectivity index (χ1n) is 6.69. The highest BCUT2D eigenvalue weighted by molar-refractivity contribution is 6.21. The van der Waals surface area contributed by atoms with Gasteiger partial charge in [0.25, 0.3) is 0 Å². The van der Waals surface area contributed by atoms with Crippen molar-refractivity contribution in [1.29, 1.82) is 0 Å². The molecule has 2 atom stereocenters. The second kappa shape index (κ2) is 5.56. The molecule has 0 spiro atoms. The number of benzene rings is 1. The number of halogens is 2. The van der Waals surface area contributed by atoms with Crippen LogP contribution in [0.15, 0.2) is 18.2 Å². The van der Waals surface area contributed by atoms with Crippen LogP contribution in [0.1, 0.15) is 33.1 Å². The molecule has 4 nitrogen and oxygen atoms in total. The molecular weight excluding hydrogens is 285 g/mol. The van der Waals surface area contributed by atoms with E-state index in [0.29, 0.717) is 12.2 Å². The molecule has 6 heteroatoms. The lowest BCUT2D eigenvalue weighted by Gasteiger charge is -2.52. The van der Waals surface area contributed by atoms with Gasteiger partial charge in [-0.25, -0.2) is 0 Å². The van der Waals surface area contributed by atoms with Gasteiger partial charge in [-0.1, -0.05) is 13.8 Å². The van der Waals surface area contributed by atoms with Crippen LogP contribution in [0, 0.1) is 21.3 Å². The number of alkyl halides is 1. The van der Waals surface area contributed by atoms with E-state index in [1.807, 2.05) is 0 Å². The molecule has 0 radical (unpaired) electrons. The number of rotatable bonds is 5. The van der Waals surface area contributed by atoms with Crippen LogP contribution in [-0.2, 0) is 0 Å². The summed E-state index contributed by atoms with van der Waals surface area (Å²) in [7, 11) is 0. The first-order chi connectivity index (χ1) is 9.44. The molecule has 0 aliphatic heterocycles. The zero-order chi connectivity index (χ0) is 14.9. The fourth-order valence-electron chi connectivity index (χ4n) is 2.89. The number of nitro benzene ring substituents is 1. The number of ether oxygens (including phenoxy) is 1. The molecule has 0 aromatic heterocycles. The summed E-state index contributed by atoms with van der Waals surface area (Å²) in [4.78, 5) is 9.82. The quantitative estimate of drug-likeness (QED) is 0.463. The minimum absolute atomic E-state index is 0.0606. The summed E-state index contributed by atoms with van der Waals surface area (Å²) >= 11 is 6.29. The zero-order valence-electron chi connectivity index (χ0n) is 11.4. The second-order valence-corrected chi connectivity index (χ2v) is 5.65. The van der Waals surface area contributed by atoms with Crippen LogP contribution in [0.2, 0.25) is 0 Å². The maximum atomic E-state index is 13.6. The summed E-state index contributed by atoms with van der Waals surface area (Å²) in [5.41, 5.74) is -0.641. The van der Waals surface area contributed by atoms with E-state index in [9.17, 15) is 14.5 Å². The average Bonchev–Trinajstić information content (AvgIpc) is 2.39.